The molecule has 0 spiro atoms. The van der Waals surface area contributed by atoms with Crippen molar-refractivity contribution >= 4 is 17.6 Å². The zero-order valence-corrected chi connectivity index (χ0v) is 10.7. The van der Waals surface area contributed by atoms with Crippen LogP contribution in [0.3, 0.4) is 0 Å². The van der Waals surface area contributed by atoms with Gasteiger partial charge in [-0.05, 0) is 19.1 Å². The third-order valence-corrected chi connectivity index (χ3v) is 2.84. The number of aliphatic carboxylic acids is 1. The molecule has 2 rings (SSSR count). The van der Waals surface area contributed by atoms with Crippen LogP contribution in [0.1, 0.15) is 11.3 Å². The Morgan fingerprint density at radius 3 is 2.84 bits per heavy atom. The van der Waals surface area contributed by atoms with Crippen LogP contribution < -0.4 is 5.56 Å². The maximum absolute atomic E-state index is 11.9. The van der Waals surface area contributed by atoms with Gasteiger partial charge in [0.05, 0.1) is 11.4 Å². The standard InChI is InChI=1S/C12H10ClN3O3/c1-6-7(5-9(17)18)12(19)16-11(15-6)10-8(13)3-2-4-14-10/h2-4H,5H2,1H3,(H,17,18)(H,15,16,19). The van der Waals surface area contributed by atoms with Crippen LogP contribution in [0.2, 0.25) is 5.02 Å². The number of carbonyl (C=O) groups is 1. The first-order valence-corrected chi connectivity index (χ1v) is 5.79. The van der Waals surface area contributed by atoms with Gasteiger partial charge in [-0.2, -0.15) is 0 Å². The highest BCUT2D eigenvalue weighted by Crippen LogP contribution is 2.21. The van der Waals surface area contributed by atoms with Crippen molar-refractivity contribution in [2.75, 3.05) is 0 Å². The van der Waals surface area contributed by atoms with Crippen LogP contribution in [0.4, 0.5) is 0 Å². The Balaban J connectivity index is 2.55. The van der Waals surface area contributed by atoms with E-state index in [-0.39, 0.29) is 17.8 Å². The van der Waals surface area contributed by atoms with Gasteiger partial charge in [-0.3, -0.25) is 14.6 Å². The number of aromatic nitrogens is 3. The van der Waals surface area contributed by atoms with E-state index in [2.05, 4.69) is 15.0 Å². The molecule has 98 valence electrons. The predicted molar refractivity (Wildman–Crippen MR) is 69.2 cm³/mol. The molecule has 19 heavy (non-hydrogen) atoms. The van der Waals surface area contributed by atoms with Crippen molar-refractivity contribution in [3.05, 3.63) is 45.0 Å². The number of nitrogens with one attached hydrogen (secondary N) is 1. The molecule has 0 aliphatic rings. The van der Waals surface area contributed by atoms with Crippen molar-refractivity contribution in [1.29, 1.82) is 0 Å². The molecule has 2 N–H and O–H groups in total. The van der Waals surface area contributed by atoms with Crippen molar-refractivity contribution < 1.29 is 9.90 Å². The molecule has 0 unspecified atom stereocenters. The number of carboxylic acid groups (broad SMARTS) is 1. The fraction of sp³-hybridized carbons (Fsp3) is 0.167. The topological polar surface area (TPSA) is 95.9 Å². The molecule has 0 fully saturated rings. The van der Waals surface area contributed by atoms with Crippen LogP contribution in [0.15, 0.2) is 23.1 Å². The lowest BCUT2D eigenvalue weighted by Gasteiger charge is -2.06. The SMILES string of the molecule is Cc1nc(-c2ncccc2Cl)[nH]c(=O)c1CC(=O)O. The van der Waals surface area contributed by atoms with E-state index in [1.807, 2.05) is 0 Å². The molecule has 0 saturated carbocycles. The van der Waals surface area contributed by atoms with Crippen molar-refractivity contribution in [3.8, 4) is 11.5 Å². The molecule has 7 heteroatoms. The normalized spacial score (nSPS) is 10.4. The minimum absolute atomic E-state index is 0.128. The summed E-state index contributed by atoms with van der Waals surface area (Å²) in [5, 5.41) is 9.09. The molecule has 0 atom stereocenters. The fourth-order valence-electron chi connectivity index (χ4n) is 1.64. The summed E-state index contributed by atoms with van der Waals surface area (Å²) in [5.41, 5.74) is 0.337. The summed E-state index contributed by atoms with van der Waals surface area (Å²) in [6.07, 6.45) is 1.16. The molecule has 0 amide bonds. The van der Waals surface area contributed by atoms with Crippen molar-refractivity contribution in [1.82, 2.24) is 15.0 Å². The third-order valence-electron chi connectivity index (χ3n) is 2.53. The van der Waals surface area contributed by atoms with Gasteiger partial charge in [0, 0.05) is 17.5 Å². The fourth-order valence-corrected chi connectivity index (χ4v) is 1.85. The van der Waals surface area contributed by atoms with Crippen LogP contribution >= 0.6 is 11.6 Å². The highest BCUT2D eigenvalue weighted by molar-refractivity contribution is 6.32. The molecule has 2 aromatic heterocycles. The van der Waals surface area contributed by atoms with E-state index in [9.17, 15) is 9.59 Å². The number of halogens is 1. The van der Waals surface area contributed by atoms with Crippen molar-refractivity contribution in [2.24, 2.45) is 0 Å². The summed E-state index contributed by atoms with van der Waals surface area (Å²) in [6, 6.07) is 3.29. The summed E-state index contributed by atoms with van der Waals surface area (Å²) >= 11 is 5.97. The van der Waals surface area contributed by atoms with Gasteiger partial charge in [0.15, 0.2) is 5.82 Å². The average molecular weight is 280 g/mol. The average Bonchev–Trinajstić information content (AvgIpc) is 2.34. The van der Waals surface area contributed by atoms with Crippen LogP contribution in [0.5, 0.6) is 0 Å². The minimum atomic E-state index is -1.08. The van der Waals surface area contributed by atoms with Crippen molar-refractivity contribution in [3.63, 3.8) is 0 Å². The first-order chi connectivity index (χ1) is 8.99. The minimum Gasteiger partial charge on any atom is -0.481 e. The monoisotopic (exact) mass is 279 g/mol. The van der Waals surface area contributed by atoms with E-state index in [1.165, 1.54) is 6.20 Å². The number of aromatic amines is 1. The van der Waals surface area contributed by atoms with Crippen LogP contribution in [-0.4, -0.2) is 26.0 Å². The Bertz CT molecular complexity index is 697. The van der Waals surface area contributed by atoms with Crippen LogP contribution in [0.25, 0.3) is 11.5 Å². The lowest BCUT2D eigenvalue weighted by Crippen LogP contribution is -2.20. The number of nitrogens with zero attached hydrogens (tertiary/aromatic N) is 2. The number of H-pyrrole nitrogens is 1. The molecule has 0 saturated heterocycles. The number of pyridine rings is 1. The number of hydrogen-bond donors (Lipinski definition) is 2. The second kappa shape index (κ2) is 5.19. The van der Waals surface area contributed by atoms with Gasteiger partial charge in [0.25, 0.3) is 5.56 Å². The molecule has 2 aromatic rings. The van der Waals surface area contributed by atoms with Gasteiger partial charge in [0.2, 0.25) is 0 Å². The van der Waals surface area contributed by atoms with Gasteiger partial charge >= 0.3 is 5.97 Å². The lowest BCUT2D eigenvalue weighted by atomic mass is 10.1. The van der Waals surface area contributed by atoms with Crippen molar-refractivity contribution in [2.45, 2.75) is 13.3 Å². The molecule has 0 bridgehead atoms. The first-order valence-electron chi connectivity index (χ1n) is 5.41. The van der Waals surface area contributed by atoms with E-state index in [1.54, 1.807) is 19.1 Å². The summed E-state index contributed by atoms with van der Waals surface area (Å²) < 4.78 is 0. The highest BCUT2D eigenvalue weighted by Gasteiger charge is 2.14. The number of rotatable bonds is 3. The van der Waals surface area contributed by atoms with E-state index in [0.717, 1.165) is 0 Å². The van der Waals surface area contributed by atoms with E-state index in [0.29, 0.717) is 16.4 Å². The highest BCUT2D eigenvalue weighted by atomic mass is 35.5. The number of hydrogen-bond acceptors (Lipinski definition) is 4. The Hall–Kier alpha value is -2.21. The summed E-state index contributed by atoms with van der Waals surface area (Å²) in [5.74, 6) is -0.860. The van der Waals surface area contributed by atoms with Crippen LogP contribution in [0, 0.1) is 6.92 Å². The second-order valence-electron chi connectivity index (χ2n) is 3.88. The number of aryl methyl sites for hydroxylation is 1. The predicted octanol–water partition coefficient (Wildman–Crippen LogP) is 1.42. The van der Waals surface area contributed by atoms with Crippen LogP contribution in [-0.2, 0) is 11.2 Å². The molecule has 0 aliphatic carbocycles. The van der Waals surface area contributed by atoms with Gasteiger partial charge in [0.1, 0.15) is 5.69 Å². The molecule has 6 nitrogen and oxygen atoms in total. The maximum atomic E-state index is 11.9. The maximum Gasteiger partial charge on any atom is 0.308 e. The van der Waals surface area contributed by atoms with Gasteiger partial charge in [-0.1, -0.05) is 11.6 Å². The molecule has 2 heterocycles. The molecule has 0 radical (unpaired) electrons. The van der Waals surface area contributed by atoms with E-state index >= 15 is 0 Å². The van der Waals surface area contributed by atoms with E-state index < -0.39 is 11.5 Å². The smallest absolute Gasteiger partial charge is 0.308 e. The quantitative estimate of drug-likeness (QED) is 0.886. The van der Waals surface area contributed by atoms with E-state index in [4.69, 9.17) is 16.7 Å². The van der Waals surface area contributed by atoms with Gasteiger partial charge in [-0.15, -0.1) is 0 Å². The largest absolute Gasteiger partial charge is 0.481 e. The number of carboxylic acids is 1. The Morgan fingerprint density at radius 1 is 1.53 bits per heavy atom. The Morgan fingerprint density at radius 2 is 2.26 bits per heavy atom. The summed E-state index contributed by atoms with van der Waals surface area (Å²) in [4.78, 5) is 33.2. The van der Waals surface area contributed by atoms with Gasteiger partial charge < -0.3 is 10.1 Å². The Kier molecular flexibility index (Phi) is 3.62. The zero-order valence-electron chi connectivity index (χ0n) is 9.98. The molecular weight excluding hydrogens is 270 g/mol. The molecule has 0 aromatic carbocycles. The summed E-state index contributed by atoms with van der Waals surface area (Å²) in [7, 11) is 0. The zero-order chi connectivity index (χ0) is 14.0. The molecular formula is C12H10ClN3O3. The molecule has 0 aliphatic heterocycles. The Labute approximate surface area is 113 Å². The lowest BCUT2D eigenvalue weighted by molar-refractivity contribution is -0.136. The third kappa shape index (κ3) is 2.79. The summed E-state index contributed by atoms with van der Waals surface area (Å²) in [6.45, 7) is 1.58. The first kappa shape index (κ1) is 13.2. The van der Waals surface area contributed by atoms with Gasteiger partial charge in [-0.25, -0.2) is 4.98 Å². The second-order valence-corrected chi connectivity index (χ2v) is 4.29.